The number of fused-ring (bicyclic) bond motifs is 2. The summed E-state index contributed by atoms with van der Waals surface area (Å²) >= 11 is 0. The Kier molecular flexibility index (Phi) is 7.16. The normalized spacial score (nSPS) is 17.8. The number of carbonyl (C=O) groups is 1. The molecule has 0 spiro atoms. The standard InChI is InChI=1S/C32H31FN2O4/c33-14-2-15-35-16-13-27(20-35)38-26-9-5-21(6-10-26)31-28(23-8-12-30-25(18-23)19-34-39-30)4-1-3-22-17-24(32(36)37)7-11-29(22)31/h5-12,17-19,27H,1-4,13-16,20H2,(H,36,37)/t27-/m0/s1. The van der Waals surface area contributed by atoms with Gasteiger partial charge in [-0.25, -0.2) is 4.79 Å². The van der Waals surface area contributed by atoms with Crippen LogP contribution in [0, 0.1) is 0 Å². The summed E-state index contributed by atoms with van der Waals surface area (Å²) in [5.41, 5.74) is 7.66. The van der Waals surface area contributed by atoms with E-state index in [4.69, 9.17) is 9.26 Å². The van der Waals surface area contributed by atoms with Gasteiger partial charge in [-0.05, 0) is 102 Å². The Balaban J connectivity index is 1.37. The second-order valence-corrected chi connectivity index (χ2v) is 10.4. The van der Waals surface area contributed by atoms with Crippen molar-refractivity contribution in [2.24, 2.45) is 0 Å². The zero-order chi connectivity index (χ0) is 26.8. The molecule has 1 aromatic heterocycles. The lowest BCUT2D eigenvalue weighted by Gasteiger charge is -2.19. The predicted molar refractivity (Wildman–Crippen MR) is 149 cm³/mol. The summed E-state index contributed by atoms with van der Waals surface area (Å²) in [5, 5.41) is 14.5. The van der Waals surface area contributed by atoms with Crippen LogP contribution < -0.4 is 4.74 Å². The van der Waals surface area contributed by atoms with Crippen LogP contribution in [0.15, 0.2) is 71.4 Å². The van der Waals surface area contributed by atoms with Crippen LogP contribution in [0.5, 0.6) is 5.75 Å². The Morgan fingerprint density at radius 3 is 2.74 bits per heavy atom. The van der Waals surface area contributed by atoms with E-state index in [0.717, 1.165) is 89.9 Å². The summed E-state index contributed by atoms with van der Waals surface area (Å²) < 4.78 is 24.2. The van der Waals surface area contributed by atoms with Gasteiger partial charge in [-0.3, -0.25) is 9.29 Å². The van der Waals surface area contributed by atoms with Crippen LogP contribution in [0.2, 0.25) is 0 Å². The van der Waals surface area contributed by atoms with Crippen LogP contribution in [-0.2, 0) is 6.42 Å². The van der Waals surface area contributed by atoms with Gasteiger partial charge in [-0.15, -0.1) is 0 Å². The molecule has 0 bridgehead atoms. The van der Waals surface area contributed by atoms with Crippen LogP contribution in [-0.4, -0.2) is 53.5 Å². The molecule has 2 heterocycles. The first kappa shape index (κ1) is 25.3. The van der Waals surface area contributed by atoms with E-state index in [-0.39, 0.29) is 12.8 Å². The summed E-state index contributed by atoms with van der Waals surface area (Å²) in [6.07, 6.45) is 5.92. The van der Waals surface area contributed by atoms with E-state index in [1.165, 1.54) is 5.57 Å². The molecule has 0 unspecified atom stereocenters. The van der Waals surface area contributed by atoms with Gasteiger partial charge in [0.1, 0.15) is 11.9 Å². The summed E-state index contributed by atoms with van der Waals surface area (Å²) in [5.74, 6) is -0.0958. The molecule has 0 amide bonds. The maximum absolute atomic E-state index is 12.6. The van der Waals surface area contributed by atoms with E-state index in [2.05, 4.69) is 34.3 Å². The van der Waals surface area contributed by atoms with Gasteiger partial charge in [0.15, 0.2) is 5.58 Å². The number of carboxylic acid groups (broad SMARTS) is 1. The van der Waals surface area contributed by atoms with Gasteiger partial charge in [-0.1, -0.05) is 29.4 Å². The number of halogens is 1. The Bertz CT molecular complexity index is 1520. The van der Waals surface area contributed by atoms with Crippen LogP contribution in [0.1, 0.15) is 58.3 Å². The lowest BCUT2D eigenvalue weighted by molar-refractivity contribution is 0.0696. The molecule has 3 aromatic carbocycles. The van der Waals surface area contributed by atoms with E-state index in [0.29, 0.717) is 12.0 Å². The van der Waals surface area contributed by atoms with Crippen molar-refractivity contribution in [1.82, 2.24) is 10.1 Å². The fourth-order valence-electron chi connectivity index (χ4n) is 5.87. The second kappa shape index (κ2) is 11.0. The van der Waals surface area contributed by atoms with Gasteiger partial charge in [0, 0.05) is 25.0 Å². The smallest absolute Gasteiger partial charge is 0.335 e. The van der Waals surface area contributed by atoms with Crippen molar-refractivity contribution < 1.29 is 23.6 Å². The molecule has 2 aliphatic rings. The van der Waals surface area contributed by atoms with Crippen LogP contribution in [0.25, 0.3) is 22.1 Å². The number of alkyl halides is 1. The molecule has 6 nitrogen and oxygen atoms in total. The number of hydrogen-bond acceptors (Lipinski definition) is 5. The number of likely N-dealkylation sites (tertiary alicyclic amines) is 1. The fraction of sp³-hybridized carbons (Fsp3) is 0.312. The molecule has 1 aliphatic heterocycles. The molecule has 6 rings (SSSR count). The number of aromatic nitrogens is 1. The number of ether oxygens (including phenoxy) is 1. The number of aromatic carboxylic acids is 1. The van der Waals surface area contributed by atoms with Crippen LogP contribution in [0.4, 0.5) is 4.39 Å². The van der Waals surface area contributed by atoms with Gasteiger partial charge in [0.05, 0.1) is 18.4 Å². The van der Waals surface area contributed by atoms with Gasteiger partial charge >= 0.3 is 5.97 Å². The monoisotopic (exact) mass is 526 g/mol. The molecule has 1 fully saturated rings. The Hall–Kier alpha value is -3.97. The molecule has 200 valence electrons. The number of rotatable bonds is 8. The predicted octanol–water partition coefficient (Wildman–Crippen LogP) is 6.63. The molecule has 1 N–H and O–H groups in total. The minimum absolute atomic E-state index is 0.105. The first-order valence-electron chi connectivity index (χ1n) is 13.6. The highest BCUT2D eigenvalue weighted by molar-refractivity contribution is 6.01. The van der Waals surface area contributed by atoms with Crippen LogP contribution >= 0.6 is 0 Å². The highest BCUT2D eigenvalue weighted by Gasteiger charge is 2.25. The summed E-state index contributed by atoms with van der Waals surface area (Å²) in [6.45, 7) is 2.25. The highest BCUT2D eigenvalue weighted by Crippen LogP contribution is 2.41. The van der Waals surface area contributed by atoms with E-state index >= 15 is 0 Å². The highest BCUT2D eigenvalue weighted by atomic mass is 19.1. The third kappa shape index (κ3) is 5.32. The van der Waals surface area contributed by atoms with Crippen molar-refractivity contribution in [3.8, 4) is 5.75 Å². The molecule has 39 heavy (non-hydrogen) atoms. The largest absolute Gasteiger partial charge is 0.489 e. The zero-order valence-electron chi connectivity index (χ0n) is 21.7. The average molecular weight is 527 g/mol. The van der Waals surface area contributed by atoms with Crippen molar-refractivity contribution in [1.29, 1.82) is 0 Å². The number of carboxylic acids is 1. The lowest BCUT2D eigenvalue weighted by Crippen LogP contribution is -2.26. The summed E-state index contributed by atoms with van der Waals surface area (Å²) in [4.78, 5) is 14.0. The maximum atomic E-state index is 12.6. The SMILES string of the molecule is O=C(O)c1ccc2c(c1)CCCC(c1ccc3oncc3c1)=C2c1ccc(O[C@H]2CCN(CCCF)C2)cc1. The average Bonchev–Trinajstić information content (AvgIpc) is 3.56. The van der Waals surface area contributed by atoms with Crippen molar-refractivity contribution >= 4 is 28.1 Å². The van der Waals surface area contributed by atoms with Crippen molar-refractivity contribution in [2.75, 3.05) is 26.3 Å². The number of benzene rings is 3. The van der Waals surface area contributed by atoms with E-state index in [9.17, 15) is 14.3 Å². The van der Waals surface area contributed by atoms with E-state index in [1.807, 2.05) is 30.3 Å². The second-order valence-electron chi connectivity index (χ2n) is 10.4. The van der Waals surface area contributed by atoms with Gasteiger partial charge in [0.2, 0.25) is 0 Å². The zero-order valence-corrected chi connectivity index (χ0v) is 21.7. The molecule has 0 radical (unpaired) electrons. The number of aryl methyl sites for hydroxylation is 1. The number of nitrogens with zero attached hydrogens (tertiary/aromatic N) is 2. The summed E-state index contributed by atoms with van der Waals surface area (Å²) in [7, 11) is 0. The van der Waals surface area contributed by atoms with E-state index in [1.54, 1.807) is 12.3 Å². The summed E-state index contributed by atoms with van der Waals surface area (Å²) in [6, 6.07) is 19.8. The lowest BCUT2D eigenvalue weighted by atomic mass is 9.87. The topological polar surface area (TPSA) is 75.8 Å². The minimum atomic E-state index is -0.914. The molecular formula is C32H31FN2O4. The quantitative estimate of drug-likeness (QED) is 0.278. The third-order valence-electron chi connectivity index (χ3n) is 7.78. The Labute approximate surface area is 226 Å². The Morgan fingerprint density at radius 1 is 1.08 bits per heavy atom. The van der Waals surface area contributed by atoms with Gasteiger partial charge < -0.3 is 14.4 Å². The fourth-order valence-corrected chi connectivity index (χ4v) is 5.87. The van der Waals surface area contributed by atoms with Gasteiger partial charge in [0.25, 0.3) is 0 Å². The van der Waals surface area contributed by atoms with Crippen LogP contribution in [0.3, 0.4) is 0 Å². The maximum Gasteiger partial charge on any atom is 0.335 e. The van der Waals surface area contributed by atoms with Crippen molar-refractivity contribution in [3.05, 3.63) is 94.7 Å². The molecule has 1 saturated heterocycles. The van der Waals surface area contributed by atoms with Crippen molar-refractivity contribution in [3.63, 3.8) is 0 Å². The van der Waals surface area contributed by atoms with Gasteiger partial charge in [-0.2, -0.15) is 0 Å². The number of hydrogen-bond donors (Lipinski definition) is 1. The number of allylic oxidation sites excluding steroid dienone is 1. The third-order valence-corrected chi connectivity index (χ3v) is 7.78. The first-order chi connectivity index (χ1) is 19.1. The van der Waals surface area contributed by atoms with E-state index < -0.39 is 5.97 Å². The molecule has 0 saturated carbocycles. The molecule has 1 atom stereocenters. The molecule has 7 heteroatoms. The molecule has 4 aromatic rings. The first-order valence-corrected chi connectivity index (χ1v) is 13.6. The van der Waals surface area contributed by atoms with Crippen molar-refractivity contribution in [2.45, 2.75) is 38.2 Å². The molecular weight excluding hydrogens is 495 g/mol. The molecule has 1 aliphatic carbocycles. The Morgan fingerprint density at radius 2 is 1.92 bits per heavy atom. The minimum Gasteiger partial charge on any atom is -0.489 e.